The molecular formula is C14H24O7. The van der Waals surface area contributed by atoms with E-state index < -0.39 is 23.9 Å². The summed E-state index contributed by atoms with van der Waals surface area (Å²) < 4.78 is 4.35. The average molecular weight is 304 g/mol. The first-order valence-electron chi connectivity index (χ1n) is 7.00. The number of rotatable bonds is 9. The van der Waals surface area contributed by atoms with E-state index in [0.717, 1.165) is 0 Å². The highest BCUT2D eigenvalue weighted by Gasteiger charge is 2.11. The Morgan fingerprint density at radius 1 is 0.714 bits per heavy atom. The zero-order valence-electron chi connectivity index (χ0n) is 12.6. The first-order valence-corrected chi connectivity index (χ1v) is 7.00. The first-order chi connectivity index (χ1) is 9.83. The van der Waals surface area contributed by atoms with Crippen molar-refractivity contribution < 1.29 is 34.1 Å². The monoisotopic (exact) mass is 304 g/mol. The summed E-state index contributed by atoms with van der Waals surface area (Å²) in [6.45, 7) is 4.36. The number of carboxylic acid groups (broad SMARTS) is 2. The molecule has 0 spiro atoms. The lowest BCUT2D eigenvalue weighted by atomic mass is 10.2. The van der Waals surface area contributed by atoms with E-state index in [1.807, 2.05) is 0 Å². The predicted octanol–water partition coefficient (Wildman–Crippen LogP) is 2.37. The van der Waals surface area contributed by atoms with Crippen molar-refractivity contribution in [2.24, 2.45) is 0 Å². The van der Waals surface area contributed by atoms with Crippen molar-refractivity contribution >= 4 is 23.9 Å². The molecule has 0 fully saturated rings. The van der Waals surface area contributed by atoms with Gasteiger partial charge in [0.2, 0.25) is 0 Å². The van der Waals surface area contributed by atoms with E-state index in [2.05, 4.69) is 18.6 Å². The van der Waals surface area contributed by atoms with Crippen LogP contribution in [0, 0.1) is 0 Å². The van der Waals surface area contributed by atoms with Gasteiger partial charge in [-0.1, -0.05) is 26.7 Å². The van der Waals surface area contributed by atoms with Crippen LogP contribution in [-0.4, -0.2) is 34.1 Å². The standard InChI is InChI=1S/C10H14O7.C4H10/c11-7(12)3-1-5-9(15)17-10(16)6-2-4-8(13)14;1-3-4-2/h1-6H2,(H,11,12)(H,13,14);3-4H2,1-2H3. The molecule has 0 aliphatic carbocycles. The molecule has 0 saturated carbocycles. The third kappa shape index (κ3) is 20.6. The summed E-state index contributed by atoms with van der Waals surface area (Å²) in [5.74, 6) is -3.62. The molecule has 0 saturated heterocycles. The second-order valence-electron chi connectivity index (χ2n) is 4.34. The molecule has 0 bridgehead atoms. The van der Waals surface area contributed by atoms with E-state index in [4.69, 9.17) is 10.2 Å². The number of hydrogen-bond acceptors (Lipinski definition) is 5. The number of carbonyl (C=O) groups excluding carboxylic acids is 2. The second-order valence-corrected chi connectivity index (χ2v) is 4.34. The van der Waals surface area contributed by atoms with Gasteiger partial charge in [0.25, 0.3) is 0 Å². The van der Waals surface area contributed by atoms with Crippen LogP contribution in [0.2, 0.25) is 0 Å². The van der Waals surface area contributed by atoms with Gasteiger partial charge in [-0.25, -0.2) is 0 Å². The van der Waals surface area contributed by atoms with Crippen LogP contribution >= 0.6 is 0 Å². The molecule has 2 N–H and O–H groups in total. The minimum absolute atomic E-state index is 0.108. The molecule has 0 aliphatic heterocycles. The molecule has 0 aromatic rings. The van der Waals surface area contributed by atoms with E-state index in [1.54, 1.807) is 0 Å². The molecule has 0 atom stereocenters. The van der Waals surface area contributed by atoms with Gasteiger partial charge in [-0.3, -0.25) is 19.2 Å². The summed E-state index contributed by atoms with van der Waals surface area (Å²) in [7, 11) is 0. The fourth-order valence-corrected chi connectivity index (χ4v) is 0.997. The zero-order valence-corrected chi connectivity index (χ0v) is 12.6. The SMILES string of the molecule is CCCC.O=C(O)CCCC(=O)OC(=O)CCCC(=O)O. The Morgan fingerprint density at radius 3 is 1.29 bits per heavy atom. The second kappa shape index (κ2) is 14.5. The van der Waals surface area contributed by atoms with Gasteiger partial charge in [-0.05, 0) is 12.8 Å². The lowest BCUT2D eigenvalue weighted by Crippen LogP contribution is -2.12. The van der Waals surface area contributed by atoms with Crippen LogP contribution in [0.5, 0.6) is 0 Å². The Morgan fingerprint density at radius 2 is 1.05 bits per heavy atom. The highest BCUT2D eigenvalue weighted by atomic mass is 16.6. The number of ether oxygens (including phenoxy) is 1. The molecule has 7 heteroatoms. The summed E-state index contributed by atoms with van der Waals surface area (Å²) in [4.78, 5) is 42.2. The topological polar surface area (TPSA) is 118 Å². The summed E-state index contributed by atoms with van der Waals surface area (Å²) in [5, 5.41) is 16.6. The van der Waals surface area contributed by atoms with Gasteiger partial charge in [0.05, 0.1) is 0 Å². The number of aliphatic carboxylic acids is 2. The quantitative estimate of drug-likeness (QED) is 0.496. The summed E-state index contributed by atoms with van der Waals surface area (Å²) >= 11 is 0. The van der Waals surface area contributed by atoms with Gasteiger partial charge >= 0.3 is 23.9 Å². The Kier molecular flexibility index (Phi) is 14.8. The molecule has 0 aromatic heterocycles. The molecule has 0 amide bonds. The van der Waals surface area contributed by atoms with Crippen molar-refractivity contribution in [3.8, 4) is 0 Å². The smallest absolute Gasteiger partial charge is 0.313 e. The van der Waals surface area contributed by atoms with Gasteiger partial charge < -0.3 is 14.9 Å². The molecule has 21 heavy (non-hydrogen) atoms. The van der Waals surface area contributed by atoms with Gasteiger partial charge in [0.15, 0.2) is 0 Å². The lowest BCUT2D eigenvalue weighted by molar-refractivity contribution is -0.159. The van der Waals surface area contributed by atoms with E-state index in [9.17, 15) is 19.2 Å². The molecule has 0 rings (SSSR count). The Balaban J connectivity index is 0. The Labute approximate surface area is 124 Å². The maximum Gasteiger partial charge on any atom is 0.313 e. The number of hydrogen-bond donors (Lipinski definition) is 2. The molecule has 0 aromatic carbocycles. The van der Waals surface area contributed by atoms with Gasteiger partial charge in [-0.2, -0.15) is 0 Å². The van der Waals surface area contributed by atoms with Crippen LogP contribution in [0.25, 0.3) is 0 Å². The maximum atomic E-state index is 11.0. The largest absolute Gasteiger partial charge is 0.481 e. The molecule has 7 nitrogen and oxygen atoms in total. The number of esters is 2. The van der Waals surface area contributed by atoms with Crippen LogP contribution in [-0.2, 0) is 23.9 Å². The predicted molar refractivity (Wildman–Crippen MR) is 74.7 cm³/mol. The third-order valence-electron chi connectivity index (χ3n) is 2.27. The average Bonchev–Trinajstić information content (AvgIpc) is 2.38. The van der Waals surface area contributed by atoms with E-state index in [-0.39, 0.29) is 38.5 Å². The van der Waals surface area contributed by atoms with Gasteiger partial charge in [0.1, 0.15) is 0 Å². The normalized spacial score (nSPS) is 9.24. The Bertz CT molecular complexity index is 304. The summed E-state index contributed by atoms with van der Waals surface area (Å²) in [6.07, 6.45) is 2.24. The van der Waals surface area contributed by atoms with Gasteiger partial charge in [-0.15, -0.1) is 0 Å². The number of carbonyl (C=O) groups is 4. The van der Waals surface area contributed by atoms with Crippen molar-refractivity contribution in [2.75, 3.05) is 0 Å². The van der Waals surface area contributed by atoms with Crippen molar-refractivity contribution in [1.82, 2.24) is 0 Å². The molecule has 122 valence electrons. The lowest BCUT2D eigenvalue weighted by Gasteiger charge is -2.01. The van der Waals surface area contributed by atoms with Crippen LogP contribution < -0.4 is 0 Å². The fraction of sp³-hybridized carbons (Fsp3) is 0.714. The first kappa shape index (κ1) is 21.4. The zero-order chi connectivity index (χ0) is 16.7. The van der Waals surface area contributed by atoms with E-state index in [1.165, 1.54) is 12.8 Å². The van der Waals surface area contributed by atoms with Crippen molar-refractivity contribution in [3.05, 3.63) is 0 Å². The fourth-order valence-electron chi connectivity index (χ4n) is 0.997. The van der Waals surface area contributed by atoms with Crippen LogP contribution in [0.15, 0.2) is 0 Å². The molecule has 0 radical (unpaired) electrons. The summed E-state index contributed by atoms with van der Waals surface area (Å²) in [5.41, 5.74) is 0. The molecule has 0 heterocycles. The van der Waals surface area contributed by atoms with Gasteiger partial charge in [0, 0.05) is 25.7 Å². The van der Waals surface area contributed by atoms with Crippen molar-refractivity contribution in [1.29, 1.82) is 0 Å². The van der Waals surface area contributed by atoms with Crippen LogP contribution in [0.3, 0.4) is 0 Å². The molecular weight excluding hydrogens is 280 g/mol. The maximum absolute atomic E-state index is 11.0. The van der Waals surface area contributed by atoms with Crippen LogP contribution in [0.4, 0.5) is 0 Å². The highest BCUT2D eigenvalue weighted by molar-refractivity contribution is 5.85. The van der Waals surface area contributed by atoms with E-state index >= 15 is 0 Å². The van der Waals surface area contributed by atoms with E-state index in [0.29, 0.717) is 0 Å². The number of carboxylic acids is 2. The highest BCUT2D eigenvalue weighted by Crippen LogP contribution is 2.02. The minimum atomic E-state index is -1.02. The minimum Gasteiger partial charge on any atom is -0.481 e. The Hall–Kier alpha value is -1.92. The third-order valence-corrected chi connectivity index (χ3v) is 2.27. The number of unbranched alkanes of at least 4 members (excludes halogenated alkanes) is 1. The molecule has 0 unspecified atom stereocenters. The summed E-state index contributed by atoms with van der Waals surface area (Å²) in [6, 6.07) is 0. The van der Waals surface area contributed by atoms with Crippen LogP contribution in [0.1, 0.15) is 65.2 Å². The van der Waals surface area contributed by atoms with Crippen molar-refractivity contribution in [3.63, 3.8) is 0 Å². The van der Waals surface area contributed by atoms with Crippen molar-refractivity contribution in [2.45, 2.75) is 65.2 Å². The molecule has 0 aliphatic rings.